The lowest BCUT2D eigenvalue weighted by Crippen LogP contribution is -2.15. The van der Waals surface area contributed by atoms with E-state index in [2.05, 4.69) is 0 Å². The molecule has 0 heterocycles. The average molecular weight is 258 g/mol. The van der Waals surface area contributed by atoms with Crippen molar-refractivity contribution in [2.45, 2.75) is 31.1 Å². The van der Waals surface area contributed by atoms with Crippen LogP contribution in [0.5, 0.6) is 0 Å². The van der Waals surface area contributed by atoms with Gasteiger partial charge >= 0.3 is 0 Å². The number of benzene rings is 1. The average Bonchev–Trinajstić information content (AvgIpc) is 2.24. The monoisotopic (exact) mass is 258 g/mol. The molecule has 7 heteroatoms. The Morgan fingerprint density at radius 2 is 2.06 bits per heavy atom. The second-order valence-corrected chi connectivity index (χ2v) is 5.20. The Kier molecular flexibility index (Phi) is 4.19. The highest BCUT2D eigenvalue weighted by Crippen LogP contribution is 2.28. The van der Waals surface area contributed by atoms with Crippen molar-refractivity contribution in [1.29, 1.82) is 0 Å². The molecule has 0 spiro atoms. The summed E-state index contributed by atoms with van der Waals surface area (Å²) < 4.78 is 22.5. The molecule has 1 aromatic rings. The minimum atomic E-state index is -4.07. The summed E-state index contributed by atoms with van der Waals surface area (Å²) in [5, 5.41) is 15.9. The van der Waals surface area contributed by atoms with Crippen molar-refractivity contribution in [3.8, 4) is 0 Å². The molecule has 94 valence electrons. The zero-order valence-electron chi connectivity index (χ0n) is 9.42. The number of rotatable bonds is 5. The Bertz CT molecular complexity index is 525. The maximum Gasteiger partial charge on any atom is 0.292 e. The first-order valence-electron chi connectivity index (χ1n) is 5.17. The number of para-hydroxylation sites is 1. The molecule has 0 unspecified atom stereocenters. The Hall–Kier alpha value is -1.47. The molecule has 0 aliphatic carbocycles. The van der Waals surface area contributed by atoms with Crippen molar-refractivity contribution < 1.29 is 13.3 Å². The van der Waals surface area contributed by atoms with Crippen LogP contribution in [0.3, 0.4) is 0 Å². The van der Waals surface area contributed by atoms with E-state index in [1.807, 2.05) is 6.92 Å². The van der Waals surface area contributed by atoms with Crippen LogP contribution in [-0.2, 0) is 16.4 Å². The van der Waals surface area contributed by atoms with E-state index in [4.69, 9.17) is 5.14 Å². The fraction of sp³-hybridized carbons (Fsp3) is 0.400. The van der Waals surface area contributed by atoms with Crippen LogP contribution in [0.25, 0.3) is 0 Å². The standard InChI is InChI=1S/C10H14N2O4S/c1-2-3-5-8-6-4-7-9(17(11,15)16)10(8)12(13)14/h4,6-7H,2-3,5H2,1H3,(H2,11,15,16). The van der Waals surface area contributed by atoms with Crippen molar-refractivity contribution in [3.05, 3.63) is 33.9 Å². The fourth-order valence-electron chi connectivity index (χ4n) is 1.57. The molecule has 1 aromatic carbocycles. The van der Waals surface area contributed by atoms with Gasteiger partial charge in [-0.3, -0.25) is 10.1 Å². The predicted molar refractivity (Wildman–Crippen MR) is 63.1 cm³/mol. The lowest BCUT2D eigenvalue weighted by atomic mass is 10.1. The molecule has 0 saturated carbocycles. The highest BCUT2D eigenvalue weighted by molar-refractivity contribution is 7.89. The molecule has 0 fully saturated rings. The van der Waals surface area contributed by atoms with Gasteiger partial charge in [0.15, 0.2) is 4.90 Å². The normalized spacial score (nSPS) is 11.4. The molecular formula is C10H14N2O4S. The molecule has 0 aliphatic heterocycles. The summed E-state index contributed by atoms with van der Waals surface area (Å²) in [4.78, 5) is 9.83. The van der Waals surface area contributed by atoms with E-state index in [-0.39, 0.29) is 0 Å². The SMILES string of the molecule is CCCCc1cccc(S(N)(=O)=O)c1[N+](=O)[O-]. The molecule has 0 bridgehead atoms. The van der Waals surface area contributed by atoms with Crippen LogP contribution in [0.1, 0.15) is 25.3 Å². The molecule has 1 rings (SSSR count). The number of nitro benzene ring substituents is 1. The van der Waals surface area contributed by atoms with Crippen LogP contribution in [0.15, 0.2) is 23.1 Å². The van der Waals surface area contributed by atoms with Crippen LogP contribution in [0.2, 0.25) is 0 Å². The van der Waals surface area contributed by atoms with Gasteiger partial charge in [-0.05, 0) is 18.9 Å². The fourth-order valence-corrected chi connectivity index (χ4v) is 2.32. The van der Waals surface area contributed by atoms with Crippen LogP contribution in [0, 0.1) is 10.1 Å². The third kappa shape index (κ3) is 3.24. The van der Waals surface area contributed by atoms with Crippen LogP contribution >= 0.6 is 0 Å². The molecule has 17 heavy (non-hydrogen) atoms. The number of unbranched alkanes of at least 4 members (excludes halogenated alkanes) is 1. The highest BCUT2D eigenvalue weighted by atomic mass is 32.2. The minimum Gasteiger partial charge on any atom is -0.258 e. The number of sulfonamides is 1. The van der Waals surface area contributed by atoms with Crippen molar-refractivity contribution >= 4 is 15.7 Å². The second-order valence-electron chi connectivity index (χ2n) is 3.67. The summed E-state index contributed by atoms with van der Waals surface area (Å²) >= 11 is 0. The predicted octanol–water partition coefficient (Wildman–Crippen LogP) is 1.58. The van der Waals surface area contributed by atoms with Crippen LogP contribution in [-0.4, -0.2) is 13.3 Å². The van der Waals surface area contributed by atoms with Crippen LogP contribution < -0.4 is 5.14 Å². The largest absolute Gasteiger partial charge is 0.292 e. The summed E-state index contributed by atoms with van der Waals surface area (Å²) in [6.07, 6.45) is 2.10. The topological polar surface area (TPSA) is 103 Å². The molecule has 0 atom stereocenters. The summed E-state index contributed by atoms with van der Waals surface area (Å²) in [7, 11) is -4.07. The number of aryl methyl sites for hydroxylation is 1. The molecule has 0 radical (unpaired) electrons. The molecule has 6 nitrogen and oxygen atoms in total. The van der Waals surface area contributed by atoms with Gasteiger partial charge in [0.2, 0.25) is 10.0 Å². The van der Waals surface area contributed by atoms with Gasteiger partial charge in [-0.1, -0.05) is 25.5 Å². The lowest BCUT2D eigenvalue weighted by molar-refractivity contribution is -0.388. The number of hydrogen-bond acceptors (Lipinski definition) is 4. The van der Waals surface area contributed by atoms with E-state index >= 15 is 0 Å². The van der Waals surface area contributed by atoms with E-state index < -0.39 is 25.5 Å². The molecule has 0 aromatic heterocycles. The molecule has 0 saturated heterocycles. The number of nitrogens with two attached hydrogens (primary N) is 1. The van der Waals surface area contributed by atoms with Crippen molar-refractivity contribution in [2.75, 3.05) is 0 Å². The maximum absolute atomic E-state index is 11.3. The van der Waals surface area contributed by atoms with Gasteiger partial charge in [-0.15, -0.1) is 0 Å². The maximum atomic E-state index is 11.3. The highest BCUT2D eigenvalue weighted by Gasteiger charge is 2.25. The quantitative estimate of drug-likeness (QED) is 0.639. The second kappa shape index (κ2) is 5.24. The Morgan fingerprint density at radius 1 is 1.41 bits per heavy atom. The van der Waals surface area contributed by atoms with Crippen molar-refractivity contribution in [2.24, 2.45) is 5.14 Å². The number of nitro groups is 1. The number of hydrogen-bond donors (Lipinski definition) is 1. The zero-order valence-corrected chi connectivity index (χ0v) is 10.2. The molecule has 0 amide bonds. The Balaban J connectivity index is 3.38. The third-order valence-electron chi connectivity index (χ3n) is 2.37. The number of primary sulfonamides is 1. The first-order chi connectivity index (χ1) is 7.88. The van der Waals surface area contributed by atoms with Crippen molar-refractivity contribution in [1.82, 2.24) is 0 Å². The van der Waals surface area contributed by atoms with Crippen LogP contribution in [0.4, 0.5) is 5.69 Å². The number of nitrogens with zero attached hydrogens (tertiary/aromatic N) is 1. The van der Waals surface area contributed by atoms with Gasteiger partial charge in [0.05, 0.1) is 4.92 Å². The molecular weight excluding hydrogens is 244 g/mol. The zero-order chi connectivity index (χ0) is 13.1. The molecule has 2 N–H and O–H groups in total. The van der Waals surface area contributed by atoms with Gasteiger partial charge in [0.25, 0.3) is 5.69 Å². The summed E-state index contributed by atoms with van der Waals surface area (Å²) in [5.74, 6) is 0. The van der Waals surface area contributed by atoms with Gasteiger partial charge in [-0.2, -0.15) is 0 Å². The Morgan fingerprint density at radius 3 is 2.53 bits per heavy atom. The van der Waals surface area contributed by atoms with Gasteiger partial charge in [0, 0.05) is 5.56 Å². The van der Waals surface area contributed by atoms with Gasteiger partial charge in [-0.25, -0.2) is 13.6 Å². The summed E-state index contributed by atoms with van der Waals surface area (Å²) in [6.45, 7) is 1.95. The first kappa shape index (κ1) is 13.6. The van der Waals surface area contributed by atoms with E-state index in [0.717, 1.165) is 18.9 Å². The Labute approximate surface area is 99.6 Å². The summed E-state index contributed by atoms with van der Waals surface area (Å²) in [5.41, 5.74) is 0.00632. The van der Waals surface area contributed by atoms with E-state index in [9.17, 15) is 18.5 Å². The third-order valence-corrected chi connectivity index (χ3v) is 3.31. The van der Waals surface area contributed by atoms with E-state index in [1.54, 1.807) is 6.07 Å². The van der Waals surface area contributed by atoms with E-state index in [0.29, 0.717) is 12.0 Å². The first-order valence-corrected chi connectivity index (χ1v) is 6.71. The lowest BCUT2D eigenvalue weighted by Gasteiger charge is -2.05. The van der Waals surface area contributed by atoms with E-state index in [1.165, 1.54) is 6.07 Å². The molecule has 0 aliphatic rings. The minimum absolute atomic E-state index is 0.400. The van der Waals surface area contributed by atoms with Gasteiger partial charge in [0.1, 0.15) is 0 Å². The van der Waals surface area contributed by atoms with Gasteiger partial charge < -0.3 is 0 Å². The smallest absolute Gasteiger partial charge is 0.258 e. The summed E-state index contributed by atoms with van der Waals surface area (Å²) in [6, 6.07) is 4.18. The van der Waals surface area contributed by atoms with Crippen molar-refractivity contribution in [3.63, 3.8) is 0 Å².